The first kappa shape index (κ1) is 12.4. The van der Waals surface area contributed by atoms with E-state index in [1.165, 1.54) is 5.56 Å². The first-order valence-corrected chi connectivity index (χ1v) is 7.01. The zero-order valence-electron chi connectivity index (χ0n) is 11.0. The molecule has 1 aromatic rings. The molecule has 0 unspecified atom stereocenters. The van der Waals surface area contributed by atoms with Crippen molar-refractivity contribution in [2.75, 3.05) is 5.32 Å². The van der Waals surface area contributed by atoms with Crippen LogP contribution in [-0.4, -0.2) is 26.6 Å². The number of carboxylic acid groups (broad SMARTS) is 1. The van der Waals surface area contributed by atoms with E-state index in [2.05, 4.69) is 15.3 Å². The van der Waals surface area contributed by atoms with Gasteiger partial charge in [-0.3, -0.25) is 4.79 Å². The minimum absolute atomic E-state index is 0.172. The molecular formula is C14H19N3O2. The largest absolute Gasteiger partial charge is 0.481 e. The number of carbonyl (C=O) groups is 1. The van der Waals surface area contributed by atoms with E-state index in [0.717, 1.165) is 56.5 Å². The SMILES string of the molecule is O=C(O)CC1(Nc2ncnc3c2CCC3)CCCC1. The number of hydrogen-bond acceptors (Lipinski definition) is 4. The Hall–Kier alpha value is -1.65. The Kier molecular flexibility index (Phi) is 3.12. The van der Waals surface area contributed by atoms with Crippen molar-refractivity contribution in [1.82, 2.24) is 9.97 Å². The van der Waals surface area contributed by atoms with Crippen LogP contribution in [0.3, 0.4) is 0 Å². The lowest BCUT2D eigenvalue weighted by Gasteiger charge is -2.30. The summed E-state index contributed by atoms with van der Waals surface area (Å²) in [6.07, 6.45) is 8.91. The Morgan fingerprint density at radius 2 is 2.05 bits per heavy atom. The fourth-order valence-corrected chi connectivity index (χ4v) is 3.41. The maximum absolute atomic E-state index is 11.1. The molecule has 2 aliphatic carbocycles. The second-order valence-corrected chi connectivity index (χ2v) is 5.68. The Balaban J connectivity index is 1.86. The number of rotatable bonds is 4. The summed E-state index contributed by atoms with van der Waals surface area (Å²) in [5, 5.41) is 12.6. The van der Waals surface area contributed by atoms with Crippen molar-refractivity contribution >= 4 is 11.8 Å². The van der Waals surface area contributed by atoms with E-state index in [9.17, 15) is 4.79 Å². The number of carboxylic acids is 1. The van der Waals surface area contributed by atoms with Crippen molar-refractivity contribution in [3.05, 3.63) is 17.6 Å². The summed E-state index contributed by atoms with van der Waals surface area (Å²) >= 11 is 0. The molecule has 3 rings (SSSR count). The Labute approximate surface area is 112 Å². The van der Waals surface area contributed by atoms with Gasteiger partial charge in [0.2, 0.25) is 0 Å². The highest BCUT2D eigenvalue weighted by molar-refractivity contribution is 5.69. The zero-order valence-corrected chi connectivity index (χ0v) is 11.0. The van der Waals surface area contributed by atoms with Gasteiger partial charge >= 0.3 is 5.97 Å². The maximum Gasteiger partial charge on any atom is 0.305 e. The lowest BCUT2D eigenvalue weighted by Crippen LogP contribution is -2.38. The highest BCUT2D eigenvalue weighted by Crippen LogP contribution is 2.37. The molecule has 5 nitrogen and oxygen atoms in total. The highest BCUT2D eigenvalue weighted by atomic mass is 16.4. The minimum Gasteiger partial charge on any atom is -0.481 e. The predicted molar refractivity (Wildman–Crippen MR) is 71.1 cm³/mol. The first-order chi connectivity index (χ1) is 9.19. The van der Waals surface area contributed by atoms with Gasteiger partial charge in [0.1, 0.15) is 12.1 Å². The second kappa shape index (κ2) is 4.79. The summed E-state index contributed by atoms with van der Waals surface area (Å²) in [6.45, 7) is 0. The van der Waals surface area contributed by atoms with Gasteiger partial charge in [-0.05, 0) is 32.1 Å². The molecule has 0 bridgehead atoms. The second-order valence-electron chi connectivity index (χ2n) is 5.68. The summed E-state index contributed by atoms with van der Waals surface area (Å²) < 4.78 is 0. The summed E-state index contributed by atoms with van der Waals surface area (Å²) in [7, 11) is 0. The molecule has 0 spiro atoms. The molecule has 0 amide bonds. The molecule has 1 heterocycles. The number of aliphatic carboxylic acids is 1. The average Bonchev–Trinajstić information content (AvgIpc) is 2.98. The van der Waals surface area contributed by atoms with E-state index >= 15 is 0 Å². The fourth-order valence-electron chi connectivity index (χ4n) is 3.41. The van der Waals surface area contributed by atoms with E-state index in [0.29, 0.717) is 0 Å². The summed E-state index contributed by atoms with van der Waals surface area (Å²) in [5.74, 6) is 0.130. The lowest BCUT2D eigenvalue weighted by molar-refractivity contribution is -0.138. The molecule has 1 aromatic heterocycles. The van der Waals surface area contributed by atoms with E-state index in [1.54, 1.807) is 6.33 Å². The monoisotopic (exact) mass is 261 g/mol. The van der Waals surface area contributed by atoms with Crippen molar-refractivity contribution < 1.29 is 9.90 Å². The Morgan fingerprint density at radius 3 is 2.79 bits per heavy atom. The van der Waals surface area contributed by atoms with Crippen LogP contribution in [0, 0.1) is 0 Å². The smallest absolute Gasteiger partial charge is 0.305 e. The lowest BCUT2D eigenvalue weighted by atomic mass is 9.93. The topological polar surface area (TPSA) is 75.1 Å². The third kappa shape index (κ3) is 2.41. The summed E-state index contributed by atoms with van der Waals surface area (Å²) in [6, 6.07) is 0. The molecule has 0 aliphatic heterocycles. The Bertz CT molecular complexity index is 495. The van der Waals surface area contributed by atoms with Gasteiger partial charge < -0.3 is 10.4 Å². The zero-order chi connectivity index (χ0) is 13.3. The molecule has 2 N–H and O–H groups in total. The van der Waals surface area contributed by atoms with Gasteiger partial charge in [0.15, 0.2) is 0 Å². The van der Waals surface area contributed by atoms with Crippen LogP contribution < -0.4 is 5.32 Å². The summed E-state index contributed by atoms with van der Waals surface area (Å²) in [4.78, 5) is 19.8. The molecule has 1 saturated carbocycles. The number of anilines is 1. The highest BCUT2D eigenvalue weighted by Gasteiger charge is 2.37. The maximum atomic E-state index is 11.1. The van der Waals surface area contributed by atoms with E-state index < -0.39 is 5.97 Å². The molecule has 2 aliphatic rings. The van der Waals surface area contributed by atoms with E-state index in [-0.39, 0.29) is 12.0 Å². The number of hydrogen-bond donors (Lipinski definition) is 2. The fraction of sp³-hybridized carbons (Fsp3) is 0.643. The molecule has 0 radical (unpaired) electrons. The Morgan fingerprint density at radius 1 is 1.26 bits per heavy atom. The van der Waals surface area contributed by atoms with Gasteiger partial charge in [-0.25, -0.2) is 9.97 Å². The van der Waals surface area contributed by atoms with Crippen LogP contribution in [0.5, 0.6) is 0 Å². The molecule has 0 saturated heterocycles. The van der Waals surface area contributed by atoms with Gasteiger partial charge in [-0.15, -0.1) is 0 Å². The average molecular weight is 261 g/mol. The van der Waals surface area contributed by atoms with Crippen molar-refractivity contribution in [2.45, 2.75) is 56.9 Å². The van der Waals surface area contributed by atoms with Crippen LogP contribution in [0.4, 0.5) is 5.82 Å². The number of fused-ring (bicyclic) bond motifs is 1. The van der Waals surface area contributed by atoms with Crippen molar-refractivity contribution in [3.63, 3.8) is 0 Å². The molecule has 102 valence electrons. The number of nitrogens with one attached hydrogen (secondary N) is 1. The molecule has 5 heteroatoms. The van der Waals surface area contributed by atoms with Gasteiger partial charge in [0.25, 0.3) is 0 Å². The van der Waals surface area contributed by atoms with Crippen molar-refractivity contribution in [1.29, 1.82) is 0 Å². The minimum atomic E-state index is -0.736. The quantitative estimate of drug-likeness (QED) is 0.868. The van der Waals surface area contributed by atoms with Gasteiger partial charge in [0.05, 0.1) is 6.42 Å². The standard InChI is InChI=1S/C14H19N3O2/c18-12(19)8-14(6-1-2-7-14)17-13-10-4-3-5-11(10)15-9-16-13/h9H,1-8H2,(H,18,19)(H,15,16,17). The molecule has 19 heavy (non-hydrogen) atoms. The van der Waals surface area contributed by atoms with Crippen molar-refractivity contribution in [3.8, 4) is 0 Å². The van der Waals surface area contributed by atoms with Crippen LogP contribution in [0.2, 0.25) is 0 Å². The third-order valence-electron chi connectivity index (χ3n) is 4.31. The van der Waals surface area contributed by atoms with Gasteiger partial charge in [0, 0.05) is 16.8 Å². The van der Waals surface area contributed by atoms with Crippen LogP contribution in [0.15, 0.2) is 6.33 Å². The molecule has 1 fully saturated rings. The third-order valence-corrected chi connectivity index (χ3v) is 4.31. The molecule has 0 atom stereocenters. The number of aromatic nitrogens is 2. The number of aryl methyl sites for hydroxylation is 1. The van der Waals surface area contributed by atoms with Crippen molar-refractivity contribution in [2.24, 2.45) is 0 Å². The first-order valence-electron chi connectivity index (χ1n) is 7.01. The van der Waals surface area contributed by atoms with Crippen LogP contribution in [0.1, 0.15) is 49.8 Å². The summed E-state index contributed by atoms with van der Waals surface area (Å²) in [5.41, 5.74) is 2.01. The van der Waals surface area contributed by atoms with E-state index in [4.69, 9.17) is 5.11 Å². The van der Waals surface area contributed by atoms with Gasteiger partial charge in [-0.1, -0.05) is 12.8 Å². The van der Waals surface area contributed by atoms with Crippen LogP contribution >= 0.6 is 0 Å². The normalized spacial score (nSPS) is 20.2. The number of nitrogens with zero attached hydrogens (tertiary/aromatic N) is 2. The van der Waals surface area contributed by atoms with Gasteiger partial charge in [-0.2, -0.15) is 0 Å². The van der Waals surface area contributed by atoms with Crippen LogP contribution in [0.25, 0.3) is 0 Å². The van der Waals surface area contributed by atoms with Crippen LogP contribution in [-0.2, 0) is 17.6 Å². The van der Waals surface area contributed by atoms with E-state index in [1.807, 2.05) is 0 Å². The molecule has 0 aromatic carbocycles. The molecular weight excluding hydrogens is 242 g/mol. The predicted octanol–water partition coefficient (Wildman–Crippen LogP) is 2.16.